The van der Waals surface area contributed by atoms with Gasteiger partial charge in [-0.15, -0.1) is 16.6 Å². The van der Waals surface area contributed by atoms with Crippen LogP contribution in [0.1, 0.15) is 43.2 Å². The standard InChI is InChI=1S/C33H33F2N7O2/c1-3-24-26(35)8-5-19-11-23(43)12-25(27(19)24)28-18(2)29-30(40-39-28)31(41-15-21-6-7-22(16-41)36-21)38-32(37-29)44-17-33-9-4-10-42(33)14-20(34)13-33/h1,5,8,11-12,20-22,36,43H,4,6-7,9-10,13-17H2,2H3/t20-,21?,22?,33+/m1/s1. The van der Waals surface area contributed by atoms with Gasteiger partial charge < -0.3 is 20.1 Å². The van der Waals surface area contributed by atoms with Crippen LogP contribution < -0.4 is 15.0 Å². The number of nitrogens with zero attached hydrogens (tertiary/aromatic N) is 6. The Labute approximate surface area is 253 Å². The van der Waals surface area contributed by atoms with E-state index in [2.05, 4.69) is 31.2 Å². The topological polar surface area (TPSA) is 99.5 Å². The van der Waals surface area contributed by atoms with Crippen LogP contribution >= 0.6 is 0 Å². The summed E-state index contributed by atoms with van der Waals surface area (Å²) in [6, 6.07) is 6.88. The number of fused-ring (bicyclic) bond motifs is 5. The number of alkyl halides is 1. The Morgan fingerprint density at radius 3 is 2.75 bits per heavy atom. The van der Waals surface area contributed by atoms with Gasteiger partial charge in [-0.3, -0.25) is 4.90 Å². The number of phenolic OH excluding ortho intramolecular Hbond substituents is 1. The van der Waals surface area contributed by atoms with Gasteiger partial charge in [0, 0.05) is 54.7 Å². The van der Waals surface area contributed by atoms with Gasteiger partial charge in [0.05, 0.1) is 16.8 Å². The first-order valence-electron chi connectivity index (χ1n) is 15.3. The molecule has 2 N–H and O–H groups in total. The number of halogens is 2. The molecule has 2 bridgehead atoms. The van der Waals surface area contributed by atoms with Gasteiger partial charge in [-0.1, -0.05) is 12.0 Å². The van der Waals surface area contributed by atoms with Gasteiger partial charge in [0.1, 0.15) is 29.9 Å². The molecule has 226 valence electrons. The van der Waals surface area contributed by atoms with Crippen LogP contribution in [0.5, 0.6) is 11.8 Å². The smallest absolute Gasteiger partial charge is 0.319 e. The molecule has 2 aromatic heterocycles. The Morgan fingerprint density at radius 1 is 1.14 bits per heavy atom. The number of anilines is 1. The fourth-order valence-corrected chi connectivity index (χ4v) is 7.97. The third-order valence-electron chi connectivity index (χ3n) is 10.0. The first-order valence-corrected chi connectivity index (χ1v) is 15.3. The van der Waals surface area contributed by atoms with Crippen molar-refractivity contribution in [1.29, 1.82) is 0 Å². The maximum atomic E-state index is 14.9. The molecule has 4 aliphatic heterocycles. The number of phenols is 1. The van der Waals surface area contributed by atoms with Crippen molar-refractivity contribution in [3.63, 3.8) is 0 Å². The van der Waals surface area contributed by atoms with E-state index in [1.54, 1.807) is 12.1 Å². The lowest BCUT2D eigenvalue weighted by molar-refractivity contribution is 0.107. The fraction of sp³-hybridized carbons (Fsp3) is 0.455. The highest BCUT2D eigenvalue weighted by atomic mass is 19.1. The number of benzene rings is 2. The lowest BCUT2D eigenvalue weighted by atomic mass is 9.94. The number of piperazine rings is 1. The molecule has 0 radical (unpaired) electrons. The maximum Gasteiger partial charge on any atom is 0.319 e. The second kappa shape index (κ2) is 10.2. The van der Waals surface area contributed by atoms with E-state index < -0.39 is 12.0 Å². The molecule has 0 spiro atoms. The van der Waals surface area contributed by atoms with Crippen LogP contribution in [0.3, 0.4) is 0 Å². The zero-order valence-corrected chi connectivity index (χ0v) is 24.5. The zero-order valence-electron chi connectivity index (χ0n) is 24.5. The summed E-state index contributed by atoms with van der Waals surface area (Å²) < 4.78 is 35.7. The van der Waals surface area contributed by atoms with E-state index in [1.165, 1.54) is 12.1 Å². The lowest BCUT2D eigenvalue weighted by Crippen LogP contribution is -2.51. The predicted octanol–water partition coefficient (Wildman–Crippen LogP) is 4.27. The van der Waals surface area contributed by atoms with Crippen LogP contribution in [-0.2, 0) is 0 Å². The normalized spacial score (nSPS) is 26.4. The summed E-state index contributed by atoms with van der Waals surface area (Å²) in [5, 5.41) is 24.6. The molecular formula is C33H33F2N7O2. The van der Waals surface area contributed by atoms with Crippen molar-refractivity contribution in [1.82, 2.24) is 30.4 Å². The third kappa shape index (κ3) is 4.34. The average molecular weight is 598 g/mol. The van der Waals surface area contributed by atoms with E-state index in [0.717, 1.165) is 45.3 Å². The summed E-state index contributed by atoms with van der Waals surface area (Å²) in [7, 11) is 0. The second-order valence-corrected chi connectivity index (χ2v) is 12.8. The molecule has 2 unspecified atom stereocenters. The monoisotopic (exact) mass is 597 g/mol. The minimum absolute atomic E-state index is 0.00447. The van der Waals surface area contributed by atoms with Crippen LogP contribution in [0.2, 0.25) is 0 Å². The zero-order chi connectivity index (χ0) is 30.2. The number of aryl methyl sites for hydroxylation is 1. The third-order valence-corrected chi connectivity index (χ3v) is 10.0. The summed E-state index contributed by atoms with van der Waals surface area (Å²) in [5.41, 5.74) is 2.39. The molecule has 0 aliphatic carbocycles. The predicted molar refractivity (Wildman–Crippen MR) is 163 cm³/mol. The van der Waals surface area contributed by atoms with Gasteiger partial charge in [0.15, 0.2) is 11.3 Å². The van der Waals surface area contributed by atoms with Gasteiger partial charge >= 0.3 is 6.01 Å². The molecule has 6 heterocycles. The highest BCUT2D eigenvalue weighted by Gasteiger charge is 2.49. The van der Waals surface area contributed by atoms with Gasteiger partial charge in [-0.05, 0) is 62.7 Å². The summed E-state index contributed by atoms with van der Waals surface area (Å²) >= 11 is 0. The number of ether oxygens (including phenoxy) is 1. The van der Waals surface area contributed by atoms with Crippen molar-refractivity contribution in [2.75, 3.05) is 37.7 Å². The largest absolute Gasteiger partial charge is 0.508 e. The lowest BCUT2D eigenvalue weighted by Gasteiger charge is -2.34. The van der Waals surface area contributed by atoms with Gasteiger partial charge in [0.25, 0.3) is 0 Å². The Kier molecular flexibility index (Phi) is 6.36. The Bertz CT molecular complexity index is 1850. The van der Waals surface area contributed by atoms with Gasteiger partial charge in [-0.2, -0.15) is 9.97 Å². The molecule has 0 amide bonds. The molecule has 9 nitrogen and oxygen atoms in total. The van der Waals surface area contributed by atoms with Gasteiger partial charge in [0.2, 0.25) is 0 Å². The van der Waals surface area contributed by atoms with Crippen LogP contribution in [0, 0.1) is 25.1 Å². The highest BCUT2D eigenvalue weighted by Crippen LogP contribution is 2.42. The molecule has 11 heteroatoms. The van der Waals surface area contributed by atoms with E-state index in [0.29, 0.717) is 76.1 Å². The number of aromatic hydroxyl groups is 1. The van der Waals surface area contributed by atoms with Crippen molar-refractivity contribution in [3.8, 4) is 35.4 Å². The maximum absolute atomic E-state index is 14.9. The van der Waals surface area contributed by atoms with Crippen LogP contribution in [0.4, 0.5) is 14.6 Å². The molecule has 4 saturated heterocycles. The second-order valence-electron chi connectivity index (χ2n) is 12.8. The SMILES string of the molecule is C#Cc1c(F)ccc2cc(O)cc(-c3nnc4c(N5CC6CCC(C5)N6)nc(OC[C@@]56CCCN5C[C@H](F)C6)nc4c3C)c12. The fourth-order valence-electron chi connectivity index (χ4n) is 7.97. The van der Waals surface area contributed by atoms with Crippen LogP contribution in [-0.4, -0.2) is 86.8 Å². The summed E-state index contributed by atoms with van der Waals surface area (Å²) in [6.45, 7) is 5.03. The Hall–Kier alpha value is -4.14. The van der Waals surface area contributed by atoms with E-state index in [-0.39, 0.29) is 22.9 Å². The molecule has 8 rings (SSSR count). The van der Waals surface area contributed by atoms with Crippen molar-refractivity contribution in [2.45, 2.75) is 62.8 Å². The van der Waals surface area contributed by atoms with Crippen LogP contribution in [0.15, 0.2) is 24.3 Å². The van der Waals surface area contributed by atoms with Crippen molar-refractivity contribution >= 4 is 27.6 Å². The molecular weight excluding hydrogens is 564 g/mol. The van der Waals surface area contributed by atoms with Crippen molar-refractivity contribution < 1.29 is 18.6 Å². The van der Waals surface area contributed by atoms with E-state index in [4.69, 9.17) is 21.1 Å². The van der Waals surface area contributed by atoms with Gasteiger partial charge in [-0.25, -0.2) is 8.78 Å². The molecule has 4 aliphatic rings. The first kappa shape index (κ1) is 27.4. The van der Waals surface area contributed by atoms with Crippen molar-refractivity contribution in [3.05, 3.63) is 41.2 Å². The average Bonchev–Trinajstić information content (AvgIpc) is 3.66. The minimum Gasteiger partial charge on any atom is -0.508 e. The molecule has 2 aromatic carbocycles. The van der Waals surface area contributed by atoms with E-state index in [1.807, 2.05) is 6.92 Å². The summed E-state index contributed by atoms with van der Waals surface area (Å²) in [6.07, 6.45) is 9.42. The van der Waals surface area contributed by atoms with Crippen molar-refractivity contribution in [2.24, 2.45) is 0 Å². The number of rotatable bonds is 5. The molecule has 4 atom stereocenters. The number of nitrogens with one attached hydrogen (secondary N) is 1. The first-order chi connectivity index (χ1) is 21.3. The number of hydrogen-bond acceptors (Lipinski definition) is 9. The molecule has 4 fully saturated rings. The Balaban J connectivity index is 1.28. The summed E-state index contributed by atoms with van der Waals surface area (Å²) in [5.74, 6) is 2.58. The number of terminal acetylenes is 1. The highest BCUT2D eigenvalue weighted by molar-refractivity contribution is 6.03. The summed E-state index contributed by atoms with van der Waals surface area (Å²) in [4.78, 5) is 14.2. The molecule has 0 saturated carbocycles. The van der Waals surface area contributed by atoms with E-state index >= 15 is 0 Å². The Morgan fingerprint density at radius 2 is 1.95 bits per heavy atom. The quantitative estimate of drug-likeness (QED) is 0.327. The van der Waals surface area contributed by atoms with Crippen LogP contribution in [0.25, 0.3) is 33.1 Å². The molecule has 4 aromatic rings. The number of aromatic nitrogens is 4. The van der Waals surface area contributed by atoms with E-state index in [9.17, 15) is 13.9 Å². The molecule has 44 heavy (non-hydrogen) atoms. The number of hydrogen-bond donors (Lipinski definition) is 2. The minimum atomic E-state index is -0.863.